The molecular formula is C14H19N3O2. The van der Waals surface area contributed by atoms with Gasteiger partial charge in [-0.3, -0.25) is 4.79 Å². The molecule has 1 atom stereocenters. The Morgan fingerprint density at radius 1 is 1.47 bits per heavy atom. The van der Waals surface area contributed by atoms with Gasteiger partial charge in [0.2, 0.25) is 0 Å². The number of nitrogen functional groups attached to an aromatic ring is 1. The van der Waals surface area contributed by atoms with Crippen LogP contribution in [0.3, 0.4) is 0 Å². The van der Waals surface area contributed by atoms with E-state index in [2.05, 4.69) is 4.98 Å². The molecule has 0 aliphatic rings. The molecule has 0 spiro atoms. The standard InChI is InChI=1S/C14H19N3O2/c1-8-11(7-9(5-6-15)14(18)19)10-3-2-4-12(16)13(10)17-8/h2-4,9,17H,5-7,15-16H2,1H3,(H,18,19). The van der Waals surface area contributed by atoms with Gasteiger partial charge >= 0.3 is 5.97 Å². The van der Waals surface area contributed by atoms with Gasteiger partial charge in [-0.2, -0.15) is 0 Å². The number of nitrogens with two attached hydrogens (primary N) is 2. The first-order chi connectivity index (χ1) is 9.04. The highest BCUT2D eigenvalue weighted by Gasteiger charge is 2.20. The third-order valence-electron chi connectivity index (χ3n) is 3.50. The minimum Gasteiger partial charge on any atom is -0.481 e. The number of H-pyrrole nitrogens is 1. The van der Waals surface area contributed by atoms with Crippen molar-refractivity contribution in [2.24, 2.45) is 11.7 Å². The van der Waals surface area contributed by atoms with E-state index in [-0.39, 0.29) is 0 Å². The maximum absolute atomic E-state index is 11.2. The molecule has 0 saturated carbocycles. The smallest absolute Gasteiger partial charge is 0.306 e. The van der Waals surface area contributed by atoms with Crippen LogP contribution in [-0.4, -0.2) is 22.6 Å². The van der Waals surface area contributed by atoms with Crippen LogP contribution in [-0.2, 0) is 11.2 Å². The fraction of sp³-hybridized carbons (Fsp3) is 0.357. The summed E-state index contributed by atoms with van der Waals surface area (Å²) in [6.45, 7) is 2.32. The van der Waals surface area contributed by atoms with Crippen molar-refractivity contribution < 1.29 is 9.90 Å². The molecule has 0 aliphatic carbocycles. The van der Waals surface area contributed by atoms with Crippen LogP contribution < -0.4 is 11.5 Å². The lowest BCUT2D eigenvalue weighted by Crippen LogP contribution is -2.20. The summed E-state index contributed by atoms with van der Waals surface area (Å²) in [5.74, 6) is -1.26. The first-order valence-corrected chi connectivity index (χ1v) is 6.33. The molecule has 1 aromatic carbocycles. The van der Waals surface area contributed by atoms with Gasteiger partial charge < -0.3 is 21.6 Å². The molecule has 2 aromatic rings. The highest BCUT2D eigenvalue weighted by Crippen LogP contribution is 2.28. The second kappa shape index (κ2) is 5.32. The van der Waals surface area contributed by atoms with Crippen LogP contribution in [0, 0.1) is 12.8 Å². The number of carboxylic acids is 1. The van der Waals surface area contributed by atoms with Crippen molar-refractivity contribution in [3.8, 4) is 0 Å². The summed E-state index contributed by atoms with van der Waals surface area (Å²) >= 11 is 0. The molecule has 5 nitrogen and oxygen atoms in total. The predicted molar refractivity (Wildman–Crippen MR) is 75.9 cm³/mol. The van der Waals surface area contributed by atoms with Gasteiger partial charge in [-0.15, -0.1) is 0 Å². The van der Waals surface area contributed by atoms with E-state index in [1.165, 1.54) is 0 Å². The summed E-state index contributed by atoms with van der Waals surface area (Å²) in [7, 11) is 0. The monoisotopic (exact) mass is 261 g/mol. The van der Waals surface area contributed by atoms with Crippen LogP contribution in [0.25, 0.3) is 10.9 Å². The molecule has 0 bridgehead atoms. The highest BCUT2D eigenvalue weighted by molar-refractivity contribution is 5.93. The lowest BCUT2D eigenvalue weighted by Gasteiger charge is -2.11. The second-order valence-corrected chi connectivity index (χ2v) is 4.81. The van der Waals surface area contributed by atoms with Crippen molar-refractivity contribution in [2.75, 3.05) is 12.3 Å². The lowest BCUT2D eigenvalue weighted by molar-refractivity contribution is -0.141. The Bertz CT molecular complexity index is 604. The van der Waals surface area contributed by atoms with Crippen molar-refractivity contribution in [1.82, 2.24) is 4.98 Å². The van der Waals surface area contributed by atoms with E-state index in [4.69, 9.17) is 11.5 Å². The van der Waals surface area contributed by atoms with E-state index >= 15 is 0 Å². The van der Waals surface area contributed by atoms with Gasteiger partial charge in [-0.1, -0.05) is 12.1 Å². The van der Waals surface area contributed by atoms with E-state index in [0.717, 1.165) is 22.2 Å². The number of fused-ring (bicyclic) bond motifs is 1. The molecule has 5 heteroatoms. The molecule has 0 saturated heterocycles. The highest BCUT2D eigenvalue weighted by atomic mass is 16.4. The van der Waals surface area contributed by atoms with Gasteiger partial charge in [0.1, 0.15) is 0 Å². The molecule has 0 aliphatic heterocycles. The SMILES string of the molecule is Cc1[nH]c2c(N)cccc2c1CC(CCN)C(=O)O. The number of rotatable bonds is 5. The van der Waals surface area contributed by atoms with Gasteiger partial charge in [-0.25, -0.2) is 0 Å². The predicted octanol–water partition coefficient (Wildman–Crippen LogP) is 1.65. The van der Waals surface area contributed by atoms with Gasteiger partial charge in [0, 0.05) is 11.1 Å². The third kappa shape index (κ3) is 2.56. The van der Waals surface area contributed by atoms with Crippen LogP contribution in [0.2, 0.25) is 0 Å². The van der Waals surface area contributed by atoms with Crippen LogP contribution in [0.15, 0.2) is 18.2 Å². The minimum atomic E-state index is -0.803. The van der Waals surface area contributed by atoms with E-state index < -0.39 is 11.9 Å². The number of hydrogen-bond donors (Lipinski definition) is 4. The van der Waals surface area contributed by atoms with E-state index in [1.807, 2.05) is 25.1 Å². The number of para-hydroxylation sites is 1. The van der Waals surface area contributed by atoms with E-state index in [0.29, 0.717) is 25.1 Å². The molecular weight excluding hydrogens is 242 g/mol. The summed E-state index contributed by atoms with van der Waals surface area (Å²) in [6.07, 6.45) is 0.950. The van der Waals surface area contributed by atoms with Crippen LogP contribution in [0.1, 0.15) is 17.7 Å². The number of nitrogens with one attached hydrogen (secondary N) is 1. The maximum atomic E-state index is 11.2. The Hall–Kier alpha value is -2.01. The maximum Gasteiger partial charge on any atom is 0.306 e. The molecule has 6 N–H and O–H groups in total. The Balaban J connectivity index is 2.42. The van der Waals surface area contributed by atoms with Crippen molar-refractivity contribution in [3.63, 3.8) is 0 Å². The molecule has 19 heavy (non-hydrogen) atoms. The van der Waals surface area contributed by atoms with Crippen molar-refractivity contribution in [2.45, 2.75) is 19.8 Å². The number of carboxylic acid groups (broad SMARTS) is 1. The van der Waals surface area contributed by atoms with Crippen molar-refractivity contribution in [3.05, 3.63) is 29.5 Å². The van der Waals surface area contributed by atoms with Crippen molar-refractivity contribution in [1.29, 1.82) is 0 Å². The van der Waals surface area contributed by atoms with Gasteiger partial charge in [0.25, 0.3) is 0 Å². The zero-order valence-corrected chi connectivity index (χ0v) is 10.9. The van der Waals surface area contributed by atoms with Gasteiger partial charge in [0.15, 0.2) is 0 Å². The molecule has 1 heterocycles. The largest absolute Gasteiger partial charge is 0.481 e. The zero-order valence-electron chi connectivity index (χ0n) is 10.9. The zero-order chi connectivity index (χ0) is 14.0. The fourth-order valence-corrected chi connectivity index (χ4v) is 2.45. The average Bonchev–Trinajstić information content (AvgIpc) is 2.67. The molecule has 0 amide bonds. The summed E-state index contributed by atoms with van der Waals surface area (Å²) in [5, 5.41) is 10.2. The summed E-state index contributed by atoms with van der Waals surface area (Å²) in [5.41, 5.74) is 14.9. The summed E-state index contributed by atoms with van der Waals surface area (Å²) in [6, 6.07) is 5.68. The Morgan fingerprint density at radius 3 is 2.84 bits per heavy atom. The fourth-order valence-electron chi connectivity index (χ4n) is 2.45. The van der Waals surface area contributed by atoms with Crippen LogP contribution >= 0.6 is 0 Å². The van der Waals surface area contributed by atoms with Crippen LogP contribution in [0.5, 0.6) is 0 Å². The number of hydrogen-bond acceptors (Lipinski definition) is 3. The number of aromatic nitrogens is 1. The van der Waals surface area contributed by atoms with Crippen molar-refractivity contribution >= 4 is 22.6 Å². The average molecular weight is 261 g/mol. The van der Waals surface area contributed by atoms with Gasteiger partial charge in [0.05, 0.1) is 17.1 Å². The number of aryl methyl sites for hydroxylation is 1. The summed E-state index contributed by atoms with van der Waals surface area (Å²) < 4.78 is 0. The number of carbonyl (C=O) groups is 1. The Kier molecular flexibility index (Phi) is 3.76. The van der Waals surface area contributed by atoms with Crippen LogP contribution in [0.4, 0.5) is 5.69 Å². The number of anilines is 1. The number of aromatic amines is 1. The van der Waals surface area contributed by atoms with Gasteiger partial charge in [-0.05, 0) is 37.9 Å². The third-order valence-corrected chi connectivity index (χ3v) is 3.50. The minimum absolute atomic E-state index is 0.376. The molecule has 0 fully saturated rings. The van der Waals surface area contributed by atoms with E-state index in [9.17, 15) is 9.90 Å². The number of benzene rings is 1. The number of aliphatic carboxylic acids is 1. The Morgan fingerprint density at radius 2 is 2.21 bits per heavy atom. The molecule has 1 unspecified atom stereocenters. The molecule has 1 aromatic heterocycles. The first-order valence-electron chi connectivity index (χ1n) is 6.33. The first kappa shape index (κ1) is 13.4. The molecule has 0 radical (unpaired) electrons. The quantitative estimate of drug-likeness (QED) is 0.614. The Labute approximate surface area is 111 Å². The lowest BCUT2D eigenvalue weighted by atomic mass is 9.94. The summed E-state index contributed by atoms with van der Waals surface area (Å²) in [4.78, 5) is 14.5. The van der Waals surface area contributed by atoms with E-state index in [1.54, 1.807) is 0 Å². The second-order valence-electron chi connectivity index (χ2n) is 4.81. The topological polar surface area (TPSA) is 105 Å². The normalized spacial score (nSPS) is 12.7. The molecule has 2 rings (SSSR count). The molecule has 102 valence electrons.